The van der Waals surface area contributed by atoms with Crippen molar-refractivity contribution in [2.75, 3.05) is 20.1 Å². The SMILES string of the molecule is CCc1ccc(C(C)N(C)C2CCCNCC2)s1. The maximum absolute atomic E-state index is 3.50. The molecule has 2 unspecified atom stereocenters. The molecule has 1 aromatic heterocycles. The van der Waals surface area contributed by atoms with Crippen molar-refractivity contribution in [3.05, 3.63) is 21.9 Å². The van der Waals surface area contributed by atoms with Crippen LogP contribution in [0.4, 0.5) is 0 Å². The van der Waals surface area contributed by atoms with Gasteiger partial charge in [0.1, 0.15) is 0 Å². The minimum absolute atomic E-state index is 0.554. The zero-order valence-corrected chi connectivity index (χ0v) is 12.7. The fourth-order valence-electron chi connectivity index (χ4n) is 2.73. The lowest BCUT2D eigenvalue weighted by Crippen LogP contribution is -2.34. The molecule has 0 aromatic carbocycles. The monoisotopic (exact) mass is 266 g/mol. The Balaban J connectivity index is 2.00. The molecule has 0 spiro atoms. The average molecular weight is 266 g/mol. The van der Waals surface area contributed by atoms with Crippen LogP contribution in [0.5, 0.6) is 0 Å². The highest BCUT2D eigenvalue weighted by molar-refractivity contribution is 7.12. The van der Waals surface area contributed by atoms with Gasteiger partial charge < -0.3 is 5.32 Å². The lowest BCUT2D eigenvalue weighted by Gasteiger charge is -2.32. The van der Waals surface area contributed by atoms with Gasteiger partial charge in [-0.1, -0.05) is 6.92 Å². The van der Waals surface area contributed by atoms with E-state index in [1.807, 2.05) is 11.3 Å². The Morgan fingerprint density at radius 2 is 2.22 bits per heavy atom. The summed E-state index contributed by atoms with van der Waals surface area (Å²) >= 11 is 1.98. The van der Waals surface area contributed by atoms with Crippen LogP contribution in [0.1, 0.15) is 48.9 Å². The molecule has 1 saturated heterocycles. The first-order valence-electron chi connectivity index (χ1n) is 7.23. The van der Waals surface area contributed by atoms with Crippen molar-refractivity contribution < 1.29 is 0 Å². The first kappa shape index (κ1) is 14.0. The van der Waals surface area contributed by atoms with E-state index in [1.54, 1.807) is 0 Å². The molecule has 0 amide bonds. The van der Waals surface area contributed by atoms with Gasteiger partial charge in [-0.05, 0) is 64.9 Å². The van der Waals surface area contributed by atoms with Crippen LogP contribution in [0.3, 0.4) is 0 Å². The Morgan fingerprint density at radius 3 is 2.94 bits per heavy atom. The molecule has 0 bridgehead atoms. The molecule has 1 aromatic rings. The first-order chi connectivity index (χ1) is 8.72. The van der Waals surface area contributed by atoms with E-state index in [-0.39, 0.29) is 0 Å². The van der Waals surface area contributed by atoms with Crippen LogP contribution in [-0.4, -0.2) is 31.1 Å². The van der Waals surface area contributed by atoms with Crippen LogP contribution in [0.15, 0.2) is 12.1 Å². The molecule has 2 rings (SSSR count). The summed E-state index contributed by atoms with van der Waals surface area (Å²) in [5.41, 5.74) is 0. The second-order valence-electron chi connectivity index (χ2n) is 5.33. The number of nitrogens with one attached hydrogen (secondary N) is 1. The second kappa shape index (κ2) is 6.69. The van der Waals surface area contributed by atoms with Gasteiger partial charge in [-0.15, -0.1) is 11.3 Å². The third kappa shape index (κ3) is 3.34. The lowest BCUT2D eigenvalue weighted by atomic mass is 10.1. The maximum atomic E-state index is 3.50. The number of hydrogen-bond donors (Lipinski definition) is 1. The highest BCUT2D eigenvalue weighted by Gasteiger charge is 2.22. The Morgan fingerprint density at radius 1 is 1.39 bits per heavy atom. The van der Waals surface area contributed by atoms with E-state index >= 15 is 0 Å². The summed E-state index contributed by atoms with van der Waals surface area (Å²) in [6.07, 6.45) is 5.09. The quantitative estimate of drug-likeness (QED) is 0.898. The number of rotatable bonds is 4. The van der Waals surface area contributed by atoms with Gasteiger partial charge in [-0.2, -0.15) is 0 Å². The van der Waals surface area contributed by atoms with Gasteiger partial charge in [0.2, 0.25) is 0 Å². The standard InChI is InChI=1S/C15H26N2S/c1-4-14-7-8-15(18-14)12(2)17(3)13-6-5-10-16-11-9-13/h7-8,12-13,16H,4-6,9-11H2,1-3H3. The summed E-state index contributed by atoms with van der Waals surface area (Å²) in [5, 5.41) is 3.50. The molecule has 3 heteroatoms. The fourth-order valence-corrected chi connectivity index (χ4v) is 3.79. The van der Waals surface area contributed by atoms with Crippen molar-refractivity contribution in [2.45, 2.75) is 51.6 Å². The molecule has 2 nitrogen and oxygen atoms in total. The van der Waals surface area contributed by atoms with Crippen LogP contribution in [0.25, 0.3) is 0 Å². The molecule has 0 saturated carbocycles. The largest absolute Gasteiger partial charge is 0.317 e. The molecule has 1 fully saturated rings. The van der Waals surface area contributed by atoms with Crippen LogP contribution in [0, 0.1) is 0 Å². The average Bonchev–Trinajstić information content (AvgIpc) is 2.71. The van der Waals surface area contributed by atoms with Crippen LogP contribution >= 0.6 is 11.3 Å². The summed E-state index contributed by atoms with van der Waals surface area (Å²) in [6, 6.07) is 5.90. The minimum Gasteiger partial charge on any atom is -0.317 e. The molecule has 18 heavy (non-hydrogen) atoms. The highest BCUT2D eigenvalue weighted by Crippen LogP contribution is 2.30. The van der Waals surface area contributed by atoms with Gasteiger partial charge in [0, 0.05) is 21.8 Å². The summed E-state index contributed by atoms with van der Waals surface area (Å²) in [7, 11) is 2.30. The molecule has 0 radical (unpaired) electrons. The number of aryl methyl sites for hydroxylation is 1. The van der Waals surface area contributed by atoms with Crippen LogP contribution in [-0.2, 0) is 6.42 Å². The van der Waals surface area contributed by atoms with Gasteiger partial charge in [0.25, 0.3) is 0 Å². The topological polar surface area (TPSA) is 15.3 Å². The van der Waals surface area contributed by atoms with Crippen LogP contribution < -0.4 is 5.32 Å². The van der Waals surface area contributed by atoms with E-state index in [4.69, 9.17) is 0 Å². The van der Waals surface area contributed by atoms with E-state index in [0.29, 0.717) is 6.04 Å². The summed E-state index contributed by atoms with van der Waals surface area (Å²) < 4.78 is 0. The molecular formula is C15H26N2S. The molecule has 102 valence electrons. The van der Waals surface area contributed by atoms with Crippen molar-refractivity contribution in [1.82, 2.24) is 10.2 Å². The number of thiophene rings is 1. The summed E-state index contributed by atoms with van der Waals surface area (Å²) in [4.78, 5) is 5.61. The maximum Gasteiger partial charge on any atom is 0.0413 e. The smallest absolute Gasteiger partial charge is 0.0413 e. The number of nitrogens with zero attached hydrogens (tertiary/aromatic N) is 1. The molecule has 2 atom stereocenters. The Labute approximate surface area is 115 Å². The van der Waals surface area contributed by atoms with Crippen molar-refractivity contribution in [3.8, 4) is 0 Å². The zero-order valence-electron chi connectivity index (χ0n) is 11.9. The molecular weight excluding hydrogens is 240 g/mol. The zero-order chi connectivity index (χ0) is 13.0. The lowest BCUT2D eigenvalue weighted by molar-refractivity contribution is 0.173. The Hall–Kier alpha value is -0.380. The van der Waals surface area contributed by atoms with Crippen molar-refractivity contribution in [2.24, 2.45) is 0 Å². The fraction of sp³-hybridized carbons (Fsp3) is 0.733. The van der Waals surface area contributed by atoms with Crippen molar-refractivity contribution in [3.63, 3.8) is 0 Å². The predicted molar refractivity (Wildman–Crippen MR) is 80.4 cm³/mol. The van der Waals surface area contributed by atoms with Gasteiger partial charge in [0.05, 0.1) is 0 Å². The molecule has 1 N–H and O–H groups in total. The first-order valence-corrected chi connectivity index (χ1v) is 8.05. The van der Waals surface area contributed by atoms with E-state index in [1.165, 1.54) is 42.1 Å². The molecule has 1 aliphatic heterocycles. The Kier molecular flexibility index (Phi) is 5.22. The van der Waals surface area contributed by atoms with E-state index in [2.05, 4.69) is 43.2 Å². The predicted octanol–water partition coefficient (Wildman–Crippen LogP) is 3.45. The number of hydrogen-bond acceptors (Lipinski definition) is 3. The van der Waals surface area contributed by atoms with Crippen molar-refractivity contribution >= 4 is 11.3 Å². The highest BCUT2D eigenvalue weighted by atomic mass is 32.1. The molecule has 0 aliphatic carbocycles. The molecule has 1 aliphatic rings. The van der Waals surface area contributed by atoms with Gasteiger partial charge >= 0.3 is 0 Å². The third-order valence-corrected chi connectivity index (χ3v) is 5.57. The minimum atomic E-state index is 0.554. The van der Waals surface area contributed by atoms with Gasteiger partial charge in [-0.3, -0.25) is 4.90 Å². The Bertz CT molecular complexity index is 353. The summed E-state index contributed by atoms with van der Waals surface area (Å²) in [6.45, 7) is 6.95. The van der Waals surface area contributed by atoms with E-state index in [0.717, 1.165) is 12.5 Å². The second-order valence-corrected chi connectivity index (χ2v) is 6.53. The van der Waals surface area contributed by atoms with Gasteiger partial charge in [-0.25, -0.2) is 0 Å². The molecule has 2 heterocycles. The van der Waals surface area contributed by atoms with Crippen molar-refractivity contribution in [1.29, 1.82) is 0 Å². The van der Waals surface area contributed by atoms with E-state index in [9.17, 15) is 0 Å². The normalized spacial score (nSPS) is 23.0. The summed E-state index contributed by atoms with van der Waals surface area (Å²) in [5.74, 6) is 0. The van der Waals surface area contributed by atoms with Crippen LogP contribution in [0.2, 0.25) is 0 Å². The van der Waals surface area contributed by atoms with E-state index < -0.39 is 0 Å². The van der Waals surface area contributed by atoms with Gasteiger partial charge in [0.15, 0.2) is 0 Å². The third-order valence-electron chi connectivity index (χ3n) is 4.17.